The highest BCUT2D eigenvalue weighted by Crippen LogP contribution is 2.26. The number of hydrogen-bond acceptors (Lipinski definition) is 3. The van der Waals surface area contributed by atoms with Crippen molar-refractivity contribution in [3.63, 3.8) is 0 Å². The van der Waals surface area contributed by atoms with Gasteiger partial charge in [0.15, 0.2) is 11.5 Å². The van der Waals surface area contributed by atoms with Crippen LogP contribution in [0.15, 0.2) is 30.9 Å². The monoisotopic (exact) mass is 238 g/mol. The second-order valence-electron chi connectivity index (χ2n) is 3.28. The molecule has 0 amide bonds. The van der Waals surface area contributed by atoms with Crippen molar-refractivity contribution in [1.29, 1.82) is 0 Å². The van der Waals surface area contributed by atoms with Crippen LogP contribution in [0.4, 0.5) is 0 Å². The van der Waals surface area contributed by atoms with E-state index in [0.717, 1.165) is 25.2 Å². The predicted molar refractivity (Wildman–Crippen MR) is 70.7 cm³/mol. The Labute approximate surface area is 104 Å². The van der Waals surface area contributed by atoms with Gasteiger partial charge in [0.1, 0.15) is 0 Å². The van der Waals surface area contributed by atoms with Crippen molar-refractivity contribution in [2.75, 3.05) is 20.3 Å². The van der Waals surface area contributed by atoms with Gasteiger partial charge in [-0.15, -0.1) is 6.58 Å². The Morgan fingerprint density at radius 3 is 2.35 bits per heavy atom. The lowest BCUT2D eigenvalue weighted by Crippen LogP contribution is -1.86. The molecular weight excluding hydrogens is 216 g/mol. The summed E-state index contributed by atoms with van der Waals surface area (Å²) in [6.45, 7) is 9.30. The molecule has 3 nitrogen and oxygen atoms in total. The van der Waals surface area contributed by atoms with Gasteiger partial charge in [-0.25, -0.2) is 0 Å². The molecule has 0 aliphatic heterocycles. The van der Waals surface area contributed by atoms with Gasteiger partial charge in [0.25, 0.3) is 0 Å². The van der Waals surface area contributed by atoms with Gasteiger partial charge in [0, 0.05) is 13.2 Å². The van der Waals surface area contributed by atoms with Crippen LogP contribution in [0.1, 0.15) is 19.4 Å². The standard InChI is InChI=1S/C10H12O2.C4H10O/c1-3-4-8-5-6-9(11)10(7-8)12-2;1-3-5-4-2/h3,5-7,11H,1,4H2,2H3;3-4H2,1-2H3. The SMILES string of the molecule is C=CCc1ccc(O)c(OC)c1.CCOCC. The average Bonchev–Trinajstić information content (AvgIpc) is 2.34. The highest BCUT2D eigenvalue weighted by Gasteiger charge is 2.00. The normalized spacial score (nSPS) is 9.12. The summed E-state index contributed by atoms with van der Waals surface area (Å²) in [5.74, 6) is 0.680. The maximum atomic E-state index is 9.25. The van der Waals surface area contributed by atoms with Crippen LogP contribution in [0.3, 0.4) is 0 Å². The van der Waals surface area contributed by atoms with E-state index in [4.69, 9.17) is 9.47 Å². The number of ether oxygens (including phenoxy) is 2. The van der Waals surface area contributed by atoms with Crippen molar-refractivity contribution in [3.05, 3.63) is 36.4 Å². The fourth-order valence-electron chi connectivity index (χ4n) is 1.22. The molecule has 0 saturated carbocycles. The van der Waals surface area contributed by atoms with Crippen LogP contribution in [0.25, 0.3) is 0 Å². The van der Waals surface area contributed by atoms with Gasteiger partial charge in [-0.1, -0.05) is 12.1 Å². The van der Waals surface area contributed by atoms with Crippen molar-refractivity contribution in [2.45, 2.75) is 20.3 Å². The van der Waals surface area contributed by atoms with E-state index in [1.54, 1.807) is 12.1 Å². The minimum absolute atomic E-state index is 0.172. The lowest BCUT2D eigenvalue weighted by Gasteiger charge is -2.04. The summed E-state index contributed by atoms with van der Waals surface area (Å²) in [6, 6.07) is 5.27. The molecule has 1 N–H and O–H groups in total. The number of methoxy groups -OCH3 is 1. The quantitative estimate of drug-likeness (QED) is 0.801. The molecule has 1 aromatic rings. The highest BCUT2D eigenvalue weighted by atomic mass is 16.5. The fraction of sp³-hybridized carbons (Fsp3) is 0.429. The molecule has 0 bridgehead atoms. The molecule has 0 saturated heterocycles. The van der Waals surface area contributed by atoms with Crippen molar-refractivity contribution in [2.24, 2.45) is 0 Å². The zero-order valence-corrected chi connectivity index (χ0v) is 10.9. The molecule has 0 aliphatic carbocycles. The maximum Gasteiger partial charge on any atom is 0.160 e. The molecule has 0 spiro atoms. The number of allylic oxidation sites excluding steroid dienone is 1. The van der Waals surface area contributed by atoms with E-state index in [2.05, 4.69) is 6.58 Å². The van der Waals surface area contributed by atoms with E-state index in [1.165, 1.54) is 7.11 Å². The zero-order valence-electron chi connectivity index (χ0n) is 10.9. The Balaban J connectivity index is 0.000000437. The fourth-order valence-corrected chi connectivity index (χ4v) is 1.22. The molecule has 1 aromatic carbocycles. The molecule has 0 atom stereocenters. The molecule has 0 fully saturated rings. The van der Waals surface area contributed by atoms with Gasteiger partial charge in [0.05, 0.1) is 7.11 Å². The number of phenolic OH excluding ortho intramolecular Hbond substituents is 1. The number of aromatic hydroxyl groups is 1. The molecule has 1 rings (SSSR count). The molecule has 0 aromatic heterocycles. The van der Waals surface area contributed by atoms with Crippen molar-refractivity contribution < 1.29 is 14.6 Å². The van der Waals surface area contributed by atoms with Crippen LogP contribution in [-0.4, -0.2) is 25.4 Å². The molecule has 0 unspecified atom stereocenters. The van der Waals surface area contributed by atoms with E-state index in [9.17, 15) is 5.11 Å². The number of benzene rings is 1. The Morgan fingerprint density at radius 2 is 1.94 bits per heavy atom. The van der Waals surface area contributed by atoms with Gasteiger partial charge in [-0.3, -0.25) is 0 Å². The van der Waals surface area contributed by atoms with E-state index in [1.807, 2.05) is 26.0 Å². The highest BCUT2D eigenvalue weighted by molar-refractivity contribution is 5.42. The average molecular weight is 238 g/mol. The van der Waals surface area contributed by atoms with Gasteiger partial charge >= 0.3 is 0 Å². The van der Waals surface area contributed by atoms with E-state index >= 15 is 0 Å². The summed E-state index contributed by atoms with van der Waals surface area (Å²) in [5, 5.41) is 9.25. The summed E-state index contributed by atoms with van der Waals surface area (Å²) in [6.07, 6.45) is 2.60. The third-order valence-corrected chi connectivity index (χ3v) is 2.03. The minimum Gasteiger partial charge on any atom is -0.504 e. The first kappa shape index (κ1) is 15.5. The smallest absolute Gasteiger partial charge is 0.160 e. The Morgan fingerprint density at radius 1 is 1.29 bits per heavy atom. The second-order valence-corrected chi connectivity index (χ2v) is 3.28. The number of phenols is 1. The molecule has 0 heterocycles. The Bertz CT molecular complexity index is 319. The summed E-state index contributed by atoms with van der Waals surface area (Å²) in [4.78, 5) is 0. The lowest BCUT2D eigenvalue weighted by molar-refractivity contribution is 0.162. The molecule has 3 heteroatoms. The first-order valence-electron chi connectivity index (χ1n) is 5.74. The molecule has 0 radical (unpaired) electrons. The van der Waals surface area contributed by atoms with E-state index < -0.39 is 0 Å². The Hall–Kier alpha value is -1.48. The van der Waals surface area contributed by atoms with Crippen LogP contribution in [0.5, 0.6) is 11.5 Å². The number of rotatable bonds is 5. The second kappa shape index (κ2) is 9.73. The molecule has 0 aliphatic rings. The maximum absolute atomic E-state index is 9.25. The summed E-state index contributed by atoms with van der Waals surface area (Å²) in [5.41, 5.74) is 1.08. The molecule has 17 heavy (non-hydrogen) atoms. The third-order valence-electron chi connectivity index (χ3n) is 2.03. The summed E-state index contributed by atoms with van der Waals surface area (Å²) >= 11 is 0. The first-order chi connectivity index (χ1) is 8.19. The topological polar surface area (TPSA) is 38.7 Å². The third kappa shape index (κ3) is 6.64. The van der Waals surface area contributed by atoms with Crippen LogP contribution in [-0.2, 0) is 11.2 Å². The van der Waals surface area contributed by atoms with E-state index in [0.29, 0.717) is 5.75 Å². The number of hydrogen-bond donors (Lipinski definition) is 1. The van der Waals surface area contributed by atoms with Gasteiger partial charge < -0.3 is 14.6 Å². The van der Waals surface area contributed by atoms with Gasteiger partial charge in [-0.2, -0.15) is 0 Å². The van der Waals surface area contributed by atoms with Crippen molar-refractivity contribution in [1.82, 2.24) is 0 Å². The van der Waals surface area contributed by atoms with Crippen LogP contribution in [0.2, 0.25) is 0 Å². The van der Waals surface area contributed by atoms with Crippen molar-refractivity contribution >= 4 is 0 Å². The van der Waals surface area contributed by atoms with Gasteiger partial charge in [0.2, 0.25) is 0 Å². The van der Waals surface area contributed by atoms with Crippen LogP contribution >= 0.6 is 0 Å². The lowest BCUT2D eigenvalue weighted by atomic mass is 10.1. The summed E-state index contributed by atoms with van der Waals surface area (Å²) in [7, 11) is 1.53. The molecule has 96 valence electrons. The minimum atomic E-state index is 0.172. The zero-order chi connectivity index (χ0) is 13.1. The van der Waals surface area contributed by atoms with Crippen LogP contribution in [0, 0.1) is 0 Å². The Kier molecular flexibility index (Phi) is 8.88. The van der Waals surface area contributed by atoms with Crippen molar-refractivity contribution in [3.8, 4) is 11.5 Å². The van der Waals surface area contributed by atoms with E-state index in [-0.39, 0.29) is 5.75 Å². The van der Waals surface area contributed by atoms with Crippen LogP contribution < -0.4 is 4.74 Å². The summed E-state index contributed by atoms with van der Waals surface area (Å²) < 4.78 is 9.78. The largest absolute Gasteiger partial charge is 0.504 e. The molecular formula is C14H22O3. The van der Waals surface area contributed by atoms with Gasteiger partial charge in [-0.05, 0) is 38.0 Å². The predicted octanol–water partition coefficient (Wildman–Crippen LogP) is 3.17. The first-order valence-corrected chi connectivity index (χ1v) is 5.74.